The lowest BCUT2D eigenvalue weighted by Gasteiger charge is -2.13. The van der Waals surface area contributed by atoms with Gasteiger partial charge in [-0.25, -0.2) is 4.79 Å². The van der Waals surface area contributed by atoms with E-state index >= 15 is 0 Å². The number of aryl methyl sites for hydroxylation is 1. The number of carboxylic acids is 1. The van der Waals surface area contributed by atoms with E-state index in [4.69, 9.17) is 9.15 Å². The third kappa shape index (κ3) is 2.18. The van der Waals surface area contributed by atoms with Crippen LogP contribution in [-0.4, -0.2) is 17.2 Å². The zero-order valence-electron chi connectivity index (χ0n) is 10.8. The molecule has 0 saturated heterocycles. The first kappa shape index (κ1) is 12.1. The molecule has 1 heterocycles. The number of aromatic carboxylic acids is 1. The van der Waals surface area contributed by atoms with Crippen molar-refractivity contribution in [1.82, 2.24) is 0 Å². The smallest absolute Gasteiger partial charge is 0.336 e. The minimum atomic E-state index is -0.946. The van der Waals surface area contributed by atoms with Crippen LogP contribution in [0.25, 0.3) is 11.0 Å². The standard InChI is InChI=1S/C15H16O4/c1-9-8-12-11(15(16)17)6-7-13(14(12)18-9)19-10-4-2-3-5-10/h6-8,10H,2-5H2,1H3,(H,16,17). The Morgan fingerprint density at radius 2 is 2.11 bits per heavy atom. The lowest BCUT2D eigenvalue weighted by molar-refractivity contribution is 0.0699. The molecule has 0 spiro atoms. The van der Waals surface area contributed by atoms with Gasteiger partial charge in [0.25, 0.3) is 0 Å². The maximum atomic E-state index is 11.2. The number of ether oxygens (including phenoxy) is 1. The van der Waals surface area contributed by atoms with Gasteiger partial charge >= 0.3 is 5.97 Å². The number of rotatable bonds is 3. The number of fused-ring (bicyclic) bond motifs is 1. The number of benzene rings is 1. The minimum Gasteiger partial charge on any atom is -0.486 e. The van der Waals surface area contributed by atoms with Crippen LogP contribution in [0, 0.1) is 6.92 Å². The van der Waals surface area contributed by atoms with Gasteiger partial charge in [0, 0.05) is 5.39 Å². The summed E-state index contributed by atoms with van der Waals surface area (Å²) in [6, 6.07) is 5.04. The molecule has 3 rings (SSSR count). The number of furan rings is 1. The van der Waals surface area contributed by atoms with E-state index in [2.05, 4.69) is 0 Å². The Morgan fingerprint density at radius 1 is 1.37 bits per heavy atom. The quantitative estimate of drug-likeness (QED) is 0.912. The predicted octanol–water partition coefficient (Wildman–Crippen LogP) is 3.76. The highest BCUT2D eigenvalue weighted by molar-refractivity contribution is 6.04. The fourth-order valence-corrected chi connectivity index (χ4v) is 2.69. The molecular weight excluding hydrogens is 244 g/mol. The van der Waals surface area contributed by atoms with Crippen LogP contribution in [0.1, 0.15) is 41.8 Å². The molecule has 1 aromatic heterocycles. The van der Waals surface area contributed by atoms with Crippen molar-refractivity contribution in [3.05, 3.63) is 29.5 Å². The summed E-state index contributed by atoms with van der Waals surface area (Å²) in [7, 11) is 0. The summed E-state index contributed by atoms with van der Waals surface area (Å²) in [5.74, 6) is 0.401. The molecule has 4 nitrogen and oxygen atoms in total. The second-order valence-corrected chi connectivity index (χ2v) is 5.04. The third-order valence-corrected chi connectivity index (χ3v) is 3.60. The molecule has 2 aromatic rings. The number of hydrogen-bond donors (Lipinski definition) is 1. The highest BCUT2D eigenvalue weighted by Crippen LogP contribution is 2.34. The first-order valence-corrected chi connectivity index (χ1v) is 6.58. The Hall–Kier alpha value is -1.97. The van der Waals surface area contributed by atoms with Gasteiger partial charge in [-0.1, -0.05) is 0 Å². The Balaban J connectivity index is 2.05. The molecule has 0 amide bonds. The summed E-state index contributed by atoms with van der Waals surface area (Å²) in [6.07, 6.45) is 4.73. The third-order valence-electron chi connectivity index (χ3n) is 3.60. The first-order chi connectivity index (χ1) is 9.15. The van der Waals surface area contributed by atoms with Crippen molar-refractivity contribution in [1.29, 1.82) is 0 Å². The van der Waals surface area contributed by atoms with Crippen molar-refractivity contribution in [3.63, 3.8) is 0 Å². The van der Waals surface area contributed by atoms with E-state index in [1.54, 1.807) is 18.2 Å². The van der Waals surface area contributed by atoms with E-state index in [0.717, 1.165) is 12.8 Å². The molecule has 1 fully saturated rings. The monoisotopic (exact) mass is 260 g/mol. The fourth-order valence-electron chi connectivity index (χ4n) is 2.69. The molecule has 0 radical (unpaired) electrons. The van der Waals surface area contributed by atoms with Gasteiger partial charge < -0.3 is 14.3 Å². The number of hydrogen-bond acceptors (Lipinski definition) is 3. The predicted molar refractivity (Wildman–Crippen MR) is 70.8 cm³/mol. The summed E-state index contributed by atoms with van der Waals surface area (Å²) in [5.41, 5.74) is 0.801. The topological polar surface area (TPSA) is 59.7 Å². The summed E-state index contributed by atoms with van der Waals surface area (Å²) >= 11 is 0. The molecule has 0 bridgehead atoms. The maximum absolute atomic E-state index is 11.2. The van der Waals surface area contributed by atoms with Gasteiger partial charge in [0.15, 0.2) is 11.3 Å². The maximum Gasteiger partial charge on any atom is 0.336 e. The van der Waals surface area contributed by atoms with Gasteiger partial charge in [-0.15, -0.1) is 0 Å². The average Bonchev–Trinajstić information content (AvgIpc) is 2.97. The van der Waals surface area contributed by atoms with E-state index in [1.165, 1.54) is 12.8 Å². The summed E-state index contributed by atoms with van der Waals surface area (Å²) < 4.78 is 11.6. The van der Waals surface area contributed by atoms with Crippen LogP contribution >= 0.6 is 0 Å². The van der Waals surface area contributed by atoms with Crippen LogP contribution in [0.4, 0.5) is 0 Å². The van der Waals surface area contributed by atoms with E-state index in [1.807, 2.05) is 6.92 Å². The van der Waals surface area contributed by atoms with Crippen LogP contribution in [0.15, 0.2) is 22.6 Å². The highest BCUT2D eigenvalue weighted by Gasteiger charge is 2.21. The van der Waals surface area contributed by atoms with E-state index in [0.29, 0.717) is 22.5 Å². The number of carboxylic acid groups (broad SMARTS) is 1. The average molecular weight is 260 g/mol. The lowest BCUT2D eigenvalue weighted by Crippen LogP contribution is -2.11. The van der Waals surface area contributed by atoms with Crippen molar-refractivity contribution in [2.24, 2.45) is 0 Å². The van der Waals surface area contributed by atoms with Crippen molar-refractivity contribution in [2.45, 2.75) is 38.7 Å². The van der Waals surface area contributed by atoms with E-state index in [9.17, 15) is 9.90 Å². The van der Waals surface area contributed by atoms with Crippen LogP contribution in [-0.2, 0) is 0 Å². The second-order valence-electron chi connectivity index (χ2n) is 5.04. The molecule has 1 saturated carbocycles. The van der Waals surface area contributed by atoms with Crippen LogP contribution in [0.5, 0.6) is 5.75 Å². The molecule has 0 atom stereocenters. The van der Waals surface area contributed by atoms with Gasteiger partial charge in [-0.3, -0.25) is 0 Å². The molecule has 1 aliphatic carbocycles. The Morgan fingerprint density at radius 3 is 2.79 bits per heavy atom. The number of carbonyl (C=O) groups is 1. The van der Waals surface area contributed by atoms with Gasteiger partial charge in [0.1, 0.15) is 5.76 Å². The first-order valence-electron chi connectivity index (χ1n) is 6.58. The van der Waals surface area contributed by atoms with Crippen LogP contribution < -0.4 is 4.74 Å². The fraction of sp³-hybridized carbons (Fsp3) is 0.400. The molecule has 1 aromatic carbocycles. The zero-order chi connectivity index (χ0) is 13.4. The van der Waals surface area contributed by atoms with Crippen molar-refractivity contribution in [2.75, 3.05) is 0 Å². The second kappa shape index (κ2) is 4.61. The Labute approximate surface area is 111 Å². The van der Waals surface area contributed by atoms with E-state index in [-0.39, 0.29) is 11.7 Å². The van der Waals surface area contributed by atoms with Crippen LogP contribution in [0.3, 0.4) is 0 Å². The normalized spacial score (nSPS) is 16.1. The molecule has 100 valence electrons. The van der Waals surface area contributed by atoms with Crippen molar-refractivity contribution < 1.29 is 19.1 Å². The van der Waals surface area contributed by atoms with Gasteiger partial charge in [0.05, 0.1) is 11.7 Å². The van der Waals surface area contributed by atoms with Crippen LogP contribution in [0.2, 0.25) is 0 Å². The molecule has 0 unspecified atom stereocenters. The molecule has 19 heavy (non-hydrogen) atoms. The largest absolute Gasteiger partial charge is 0.486 e. The lowest BCUT2D eigenvalue weighted by atomic mass is 10.1. The summed E-state index contributed by atoms with van der Waals surface area (Å²) in [4.78, 5) is 11.2. The van der Waals surface area contributed by atoms with E-state index < -0.39 is 5.97 Å². The van der Waals surface area contributed by atoms with Crippen molar-refractivity contribution >= 4 is 16.9 Å². The summed E-state index contributed by atoms with van der Waals surface area (Å²) in [6.45, 7) is 1.81. The van der Waals surface area contributed by atoms with Gasteiger partial charge in [-0.2, -0.15) is 0 Å². The zero-order valence-corrected chi connectivity index (χ0v) is 10.8. The molecule has 4 heteroatoms. The van der Waals surface area contributed by atoms with Gasteiger partial charge in [-0.05, 0) is 50.8 Å². The van der Waals surface area contributed by atoms with Crippen molar-refractivity contribution in [3.8, 4) is 5.75 Å². The summed E-state index contributed by atoms with van der Waals surface area (Å²) in [5, 5.41) is 9.80. The Kier molecular flexibility index (Phi) is 2.93. The molecular formula is C15H16O4. The van der Waals surface area contributed by atoms with Gasteiger partial charge in [0.2, 0.25) is 0 Å². The SMILES string of the molecule is Cc1cc2c(C(=O)O)ccc(OC3CCCC3)c2o1. The molecule has 1 aliphatic rings. The molecule has 0 aliphatic heterocycles. The Bertz CT molecular complexity index is 620. The highest BCUT2D eigenvalue weighted by atomic mass is 16.5. The minimum absolute atomic E-state index is 0.226. The molecule has 1 N–H and O–H groups in total.